The predicted octanol–water partition coefficient (Wildman–Crippen LogP) is 1.19. The number of nitrogens with one attached hydrogen (secondary N) is 1. The van der Waals surface area contributed by atoms with Gasteiger partial charge in [-0.2, -0.15) is 5.26 Å². The molecule has 0 unspecified atom stereocenters. The number of carbonyl (C=O) groups excluding carboxylic acids is 2. The van der Waals surface area contributed by atoms with Crippen LogP contribution in [-0.2, 0) is 9.53 Å². The van der Waals surface area contributed by atoms with Gasteiger partial charge in [0.2, 0.25) is 0 Å². The lowest BCUT2D eigenvalue weighted by Gasteiger charge is -2.21. The molecule has 6 nitrogen and oxygen atoms in total. The van der Waals surface area contributed by atoms with Crippen molar-refractivity contribution < 1.29 is 14.3 Å². The third kappa shape index (κ3) is 3.32. The SMILES string of the molecule is N#CC1(NC(=O)COC(=O)c2ccncc2)CCCC1. The largest absolute Gasteiger partial charge is 0.452 e. The molecule has 0 aromatic carbocycles. The summed E-state index contributed by atoms with van der Waals surface area (Å²) in [6, 6.07) is 5.16. The maximum Gasteiger partial charge on any atom is 0.338 e. The summed E-state index contributed by atoms with van der Waals surface area (Å²) in [5, 5.41) is 11.8. The Morgan fingerprint density at radius 1 is 1.35 bits per heavy atom. The van der Waals surface area contributed by atoms with E-state index in [9.17, 15) is 9.59 Å². The van der Waals surface area contributed by atoms with Gasteiger partial charge in [0.25, 0.3) is 5.91 Å². The number of hydrogen-bond donors (Lipinski definition) is 1. The number of carbonyl (C=O) groups is 2. The van der Waals surface area contributed by atoms with Crippen molar-refractivity contribution in [3.05, 3.63) is 30.1 Å². The number of nitriles is 1. The average molecular weight is 273 g/mol. The first kappa shape index (κ1) is 14.0. The molecule has 0 aliphatic heterocycles. The molecular weight excluding hydrogens is 258 g/mol. The number of rotatable bonds is 4. The number of hydrogen-bond acceptors (Lipinski definition) is 5. The molecule has 20 heavy (non-hydrogen) atoms. The van der Waals surface area contributed by atoms with Crippen LogP contribution >= 0.6 is 0 Å². The Kier molecular flexibility index (Phi) is 4.31. The molecule has 6 heteroatoms. The van der Waals surface area contributed by atoms with Gasteiger partial charge in [-0.05, 0) is 37.8 Å². The summed E-state index contributed by atoms with van der Waals surface area (Å²) in [4.78, 5) is 27.2. The van der Waals surface area contributed by atoms with E-state index in [1.54, 1.807) is 0 Å². The minimum Gasteiger partial charge on any atom is -0.452 e. The van der Waals surface area contributed by atoms with E-state index < -0.39 is 17.4 Å². The van der Waals surface area contributed by atoms with E-state index in [0.717, 1.165) is 12.8 Å². The second-order valence-corrected chi connectivity index (χ2v) is 4.76. The van der Waals surface area contributed by atoms with E-state index in [1.165, 1.54) is 24.5 Å². The van der Waals surface area contributed by atoms with E-state index in [1.807, 2.05) is 0 Å². The molecule has 104 valence electrons. The van der Waals surface area contributed by atoms with Crippen molar-refractivity contribution in [1.29, 1.82) is 5.26 Å². The van der Waals surface area contributed by atoms with Crippen LogP contribution in [-0.4, -0.2) is 29.0 Å². The monoisotopic (exact) mass is 273 g/mol. The topological polar surface area (TPSA) is 92.1 Å². The van der Waals surface area contributed by atoms with Crippen LogP contribution in [0.1, 0.15) is 36.0 Å². The summed E-state index contributed by atoms with van der Waals surface area (Å²) in [6.45, 7) is -0.384. The zero-order valence-electron chi connectivity index (χ0n) is 11.0. The summed E-state index contributed by atoms with van der Waals surface area (Å²) in [7, 11) is 0. The summed E-state index contributed by atoms with van der Waals surface area (Å²) in [5.74, 6) is -1.03. The molecule has 1 fully saturated rings. The van der Waals surface area contributed by atoms with Gasteiger partial charge >= 0.3 is 5.97 Å². The average Bonchev–Trinajstić information content (AvgIpc) is 2.95. The highest BCUT2D eigenvalue weighted by molar-refractivity contribution is 5.91. The first-order valence-corrected chi connectivity index (χ1v) is 6.45. The van der Waals surface area contributed by atoms with Crippen molar-refractivity contribution >= 4 is 11.9 Å². The lowest BCUT2D eigenvalue weighted by Crippen LogP contribution is -2.46. The van der Waals surface area contributed by atoms with Crippen LogP contribution in [0, 0.1) is 11.3 Å². The molecule has 1 amide bonds. The maximum atomic E-state index is 11.7. The maximum absolute atomic E-state index is 11.7. The summed E-state index contributed by atoms with van der Waals surface area (Å²) >= 11 is 0. The van der Waals surface area contributed by atoms with E-state index in [4.69, 9.17) is 10.00 Å². The Morgan fingerprint density at radius 3 is 2.60 bits per heavy atom. The smallest absolute Gasteiger partial charge is 0.338 e. The molecule has 2 rings (SSSR count). The van der Waals surface area contributed by atoms with Gasteiger partial charge in [-0.25, -0.2) is 4.79 Å². The van der Waals surface area contributed by atoms with Crippen LogP contribution in [0.2, 0.25) is 0 Å². The lowest BCUT2D eigenvalue weighted by molar-refractivity contribution is -0.125. The van der Waals surface area contributed by atoms with Gasteiger partial charge in [0, 0.05) is 12.4 Å². The van der Waals surface area contributed by atoms with Crippen LogP contribution in [0.4, 0.5) is 0 Å². The molecule has 1 aliphatic rings. The number of ether oxygens (including phenoxy) is 1. The number of pyridine rings is 1. The van der Waals surface area contributed by atoms with Crippen molar-refractivity contribution in [3.63, 3.8) is 0 Å². The standard InChI is InChI=1S/C14H15N3O3/c15-10-14(5-1-2-6-14)17-12(18)9-20-13(19)11-3-7-16-8-4-11/h3-4,7-8H,1-2,5-6,9H2,(H,17,18). The Labute approximate surface area is 116 Å². The normalized spacial score (nSPS) is 16.1. The first-order valence-electron chi connectivity index (χ1n) is 6.45. The molecule has 0 spiro atoms. The molecule has 0 atom stereocenters. The van der Waals surface area contributed by atoms with E-state index in [-0.39, 0.29) is 6.61 Å². The second-order valence-electron chi connectivity index (χ2n) is 4.76. The lowest BCUT2D eigenvalue weighted by atomic mass is 10.00. The van der Waals surface area contributed by atoms with E-state index in [0.29, 0.717) is 18.4 Å². The van der Waals surface area contributed by atoms with E-state index >= 15 is 0 Å². The van der Waals surface area contributed by atoms with Gasteiger partial charge in [-0.1, -0.05) is 0 Å². The first-order chi connectivity index (χ1) is 9.65. The van der Waals surface area contributed by atoms with Crippen molar-refractivity contribution in [2.45, 2.75) is 31.2 Å². The van der Waals surface area contributed by atoms with Gasteiger partial charge in [-0.15, -0.1) is 0 Å². The highest BCUT2D eigenvalue weighted by Crippen LogP contribution is 2.28. The fourth-order valence-electron chi connectivity index (χ4n) is 2.25. The van der Waals surface area contributed by atoms with Crippen LogP contribution < -0.4 is 5.32 Å². The summed E-state index contributed by atoms with van der Waals surface area (Å²) in [5.41, 5.74) is -0.455. The van der Waals surface area contributed by atoms with Crippen molar-refractivity contribution in [1.82, 2.24) is 10.3 Å². The highest BCUT2D eigenvalue weighted by Gasteiger charge is 2.35. The molecule has 1 aromatic heterocycles. The molecule has 0 radical (unpaired) electrons. The minimum absolute atomic E-state index is 0.337. The Hall–Kier alpha value is -2.42. The number of nitrogens with zero attached hydrogens (tertiary/aromatic N) is 2. The van der Waals surface area contributed by atoms with Crippen LogP contribution in [0.15, 0.2) is 24.5 Å². The molecule has 1 heterocycles. The van der Waals surface area contributed by atoms with Gasteiger partial charge in [0.1, 0.15) is 5.54 Å². The van der Waals surface area contributed by atoms with Crippen LogP contribution in [0.25, 0.3) is 0 Å². The second kappa shape index (κ2) is 6.15. The minimum atomic E-state index is -0.792. The van der Waals surface area contributed by atoms with Gasteiger partial charge in [0.05, 0.1) is 11.6 Å². The zero-order chi connectivity index (χ0) is 14.4. The molecule has 1 saturated carbocycles. The molecule has 1 aliphatic carbocycles. The van der Waals surface area contributed by atoms with Crippen LogP contribution in [0.5, 0.6) is 0 Å². The Bertz CT molecular complexity index is 530. The fourth-order valence-corrected chi connectivity index (χ4v) is 2.25. The molecule has 1 aromatic rings. The fraction of sp³-hybridized carbons (Fsp3) is 0.429. The van der Waals surface area contributed by atoms with Gasteiger partial charge < -0.3 is 10.1 Å². The van der Waals surface area contributed by atoms with Gasteiger partial charge in [-0.3, -0.25) is 9.78 Å². The third-order valence-electron chi connectivity index (χ3n) is 3.30. The number of esters is 1. The third-order valence-corrected chi connectivity index (χ3v) is 3.30. The molecule has 0 bridgehead atoms. The Balaban J connectivity index is 1.84. The molecular formula is C14H15N3O3. The quantitative estimate of drug-likeness (QED) is 0.832. The predicted molar refractivity (Wildman–Crippen MR) is 69.5 cm³/mol. The summed E-state index contributed by atoms with van der Waals surface area (Å²) in [6.07, 6.45) is 6.08. The Morgan fingerprint density at radius 2 is 2.00 bits per heavy atom. The number of amides is 1. The van der Waals surface area contributed by atoms with Crippen LogP contribution in [0.3, 0.4) is 0 Å². The van der Waals surface area contributed by atoms with Crippen molar-refractivity contribution in [2.24, 2.45) is 0 Å². The van der Waals surface area contributed by atoms with Crippen molar-refractivity contribution in [2.75, 3.05) is 6.61 Å². The van der Waals surface area contributed by atoms with Gasteiger partial charge in [0.15, 0.2) is 6.61 Å². The summed E-state index contributed by atoms with van der Waals surface area (Å²) < 4.78 is 4.90. The molecule has 1 N–H and O–H groups in total. The highest BCUT2D eigenvalue weighted by atomic mass is 16.5. The van der Waals surface area contributed by atoms with E-state index in [2.05, 4.69) is 16.4 Å². The zero-order valence-corrected chi connectivity index (χ0v) is 11.0. The molecule has 0 saturated heterocycles. The van der Waals surface area contributed by atoms with Crippen molar-refractivity contribution in [3.8, 4) is 6.07 Å². The number of aromatic nitrogens is 1.